The van der Waals surface area contributed by atoms with Gasteiger partial charge in [-0.25, -0.2) is 4.98 Å². The number of hydrogen-bond acceptors (Lipinski definition) is 4. The van der Waals surface area contributed by atoms with E-state index in [9.17, 15) is 5.11 Å². The van der Waals surface area contributed by atoms with Crippen LogP contribution in [0.4, 0.5) is 0 Å². The van der Waals surface area contributed by atoms with E-state index in [0.29, 0.717) is 5.56 Å². The normalized spacial score (nSPS) is 12.6. The summed E-state index contributed by atoms with van der Waals surface area (Å²) in [5.41, 5.74) is 0.649. The molecule has 1 N–H and O–H groups in total. The number of nitriles is 1. The highest BCUT2D eigenvalue weighted by molar-refractivity contribution is 7.16. The third-order valence-electron chi connectivity index (χ3n) is 1.80. The molecule has 64 valence electrons. The van der Waals surface area contributed by atoms with Crippen LogP contribution in [0.5, 0.6) is 0 Å². The van der Waals surface area contributed by atoms with Gasteiger partial charge in [0.05, 0.1) is 6.07 Å². The van der Waals surface area contributed by atoms with E-state index in [4.69, 9.17) is 5.26 Å². The molecule has 0 fully saturated rings. The first kappa shape index (κ1) is 8.17. The third-order valence-corrected chi connectivity index (χ3v) is 2.72. The van der Waals surface area contributed by atoms with E-state index >= 15 is 0 Å². The van der Waals surface area contributed by atoms with Gasteiger partial charge in [0.25, 0.3) is 0 Å². The van der Waals surface area contributed by atoms with Crippen molar-refractivity contribution in [3.8, 4) is 6.07 Å². The molecule has 0 saturated carbocycles. The zero-order valence-corrected chi connectivity index (χ0v) is 7.45. The molecule has 0 radical (unpaired) electrons. The summed E-state index contributed by atoms with van der Waals surface area (Å²) in [7, 11) is 0. The second kappa shape index (κ2) is 3.13. The van der Waals surface area contributed by atoms with Gasteiger partial charge in [0, 0.05) is 22.5 Å². The summed E-state index contributed by atoms with van der Waals surface area (Å²) in [5.74, 6) is 0. The number of fused-ring (bicyclic) bond motifs is 1. The Bertz CT molecular complexity index is 472. The summed E-state index contributed by atoms with van der Waals surface area (Å²) in [4.78, 5) is 4.97. The van der Waals surface area contributed by atoms with Crippen LogP contribution in [0.1, 0.15) is 11.7 Å². The van der Waals surface area contributed by atoms with Crippen LogP contribution in [0.15, 0.2) is 23.7 Å². The highest BCUT2D eigenvalue weighted by Crippen LogP contribution is 2.28. The van der Waals surface area contributed by atoms with Gasteiger partial charge in [-0.1, -0.05) is 0 Å². The van der Waals surface area contributed by atoms with Crippen molar-refractivity contribution in [1.82, 2.24) is 4.98 Å². The lowest BCUT2D eigenvalue weighted by molar-refractivity contribution is 0.238. The predicted molar refractivity (Wildman–Crippen MR) is 50.2 cm³/mol. The maximum atomic E-state index is 9.33. The van der Waals surface area contributed by atoms with Crippen LogP contribution in [-0.2, 0) is 0 Å². The maximum absolute atomic E-state index is 9.33. The summed E-state index contributed by atoms with van der Waals surface area (Å²) in [6.07, 6.45) is 0.652. The number of pyridine rings is 1. The lowest BCUT2D eigenvalue weighted by atomic mass is 10.1. The highest BCUT2D eigenvalue weighted by atomic mass is 32.1. The van der Waals surface area contributed by atoms with Crippen molar-refractivity contribution < 1.29 is 5.11 Å². The number of aromatic nitrogens is 1. The molecule has 0 aromatic carbocycles. The Labute approximate surface area is 78.9 Å². The summed E-state index contributed by atoms with van der Waals surface area (Å²) >= 11 is 1.44. The van der Waals surface area contributed by atoms with Crippen molar-refractivity contribution in [2.75, 3.05) is 0 Å². The standard InChI is InChI=1S/C9H6N2OS/c10-4-8(12)7-5-13-9-6(7)2-1-3-11-9/h1-3,5,8,12H/t8-/m1/s1. The molecule has 2 heterocycles. The van der Waals surface area contributed by atoms with Crippen molar-refractivity contribution in [2.45, 2.75) is 6.10 Å². The first-order valence-electron chi connectivity index (χ1n) is 3.72. The fourth-order valence-corrected chi connectivity index (χ4v) is 2.10. The first-order chi connectivity index (χ1) is 6.33. The molecule has 2 aromatic rings. The van der Waals surface area contributed by atoms with Gasteiger partial charge in [-0.3, -0.25) is 0 Å². The molecule has 0 amide bonds. The van der Waals surface area contributed by atoms with Crippen LogP contribution in [0.25, 0.3) is 10.2 Å². The molecule has 4 heteroatoms. The van der Waals surface area contributed by atoms with E-state index in [-0.39, 0.29) is 0 Å². The molecule has 1 atom stereocenters. The lowest BCUT2D eigenvalue weighted by Crippen LogP contribution is -1.90. The molecule has 2 rings (SSSR count). The lowest BCUT2D eigenvalue weighted by Gasteiger charge is -1.97. The molecular weight excluding hydrogens is 184 g/mol. The van der Waals surface area contributed by atoms with Crippen LogP contribution >= 0.6 is 11.3 Å². The topological polar surface area (TPSA) is 56.9 Å². The summed E-state index contributed by atoms with van der Waals surface area (Å²) in [6.45, 7) is 0. The molecule has 0 aliphatic carbocycles. The SMILES string of the molecule is N#C[C@@H](O)c1csc2ncccc12. The predicted octanol–water partition coefficient (Wildman–Crippen LogP) is 1.85. The van der Waals surface area contributed by atoms with Crippen molar-refractivity contribution >= 4 is 21.6 Å². The van der Waals surface area contributed by atoms with Gasteiger partial charge >= 0.3 is 0 Å². The Kier molecular flexibility index (Phi) is 1.97. The van der Waals surface area contributed by atoms with Crippen LogP contribution in [0, 0.1) is 11.3 Å². The van der Waals surface area contributed by atoms with Crippen molar-refractivity contribution in [3.63, 3.8) is 0 Å². The average Bonchev–Trinajstić information content (AvgIpc) is 2.60. The van der Waals surface area contributed by atoms with Gasteiger partial charge < -0.3 is 5.11 Å². The van der Waals surface area contributed by atoms with Gasteiger partial charge in [-0.2, -0.15) is 5.26 Å². The van der Waals surface area contributed by atoms with Crippen LogP contribution < -0.4 is 0 Å². The number of nitrogens with zero attached hydrogens (tertiary/aromatic N) is 2. The van der Waals surface area contributed by atoms with E-state index in [2.05, 4.69) is 4.98 Å². The number of aliphatic hydroxyl groups is 1. The quantitative estimate of drug-likeness (QED) is 0.698. The van der Waals surface area contributed by atoms with Gasteiger partial charge in [-0.15, -0.1) is 11.3 Å². The Hall–Kier alpha value is -1.44. The number of aliphatic hydroxyl groups excluding tert-OH is 1. The second-order valence-electron chi connectivity index (χ2n) is 2.58. The molecule has 3 nitrogen and oxygen atoms in total. The molecular formula is C9H6N2OS. The minimum Gasteiger partial charge on any atom is -0.374 e. The van der Waals surface area contributed by atoms with E-state index in [1.807, 2.05) is 6.07 Å². The van der Waals surface area contributed by atoms with Crippen LogP contribution in [-0.4, -0.2) is 10.1 Å². The maximum Gasteiger partial charge on any atom is 0.167 e. The van der Waals surface area contributed by atoms with Crippen molar-refractivity contribution in [2.24, 2.45) is 0 Å². The Morgan fingerprint density at radius 1 is 1.62 bits per heavy atom. The Morgan fingerprint density at radius 2 is 2.46 bits per heavy atom. The van der Waals surface area contributed by atoms with Gasteiger partial charge in [0.1, 0.15) is 4.83 Å². The van der Waals surface area contributed by atoms with Gasteiger partial charge in [0.15, 0.2) is 6.10 Å². The van der Waals surface area contributed by atoms with E-state index in [0.717, 1.165) is 10.2 Å². The number of thiophene rings is 1. The van der Waals surface area contributed by atoms with Gasteiger partial charge in [-0.05, 0) is 12.1 Å². The van der Waals surface area contributed by atoms with Crippen molar-refractivity contribution in [1.29, 1.82) is 5.26 Å². The second-order valence-corrected chi connectivity index (χ2v) is 3.44. The minimum absolute atomic E-state index is 0.649. The minimum atomic E-state index is -1.04. The van der Waals surface area contributed by atoms with Crippen LogP contribution in [0.3, 0.4) is 0 Å². The summed E-state index contributed by atoms with van der Waals surface area (Å²) in [6, 6.07) is 5.44. The number of rotatable bonds is 1. The molecule has 0 aliphatic heterocycles. The highest BCUT2D eigenvalue weighted by Gasteiger charge is 2.11. The first-order valence-corrected chi connectivity index (χ1v) is 4.60. The van der Waals surface area contributed by atoms with Gasteiger partial charge in [0.2, 0.25) is 0 Å². The monoisotopic (exact) mass is 190 g/mol. The van der Waals surface area contributed by atoms with E-state index in [1.54, 1.807) is 23.7 Å². The number of hydrogen-bond donors (Lipinski definition) is 1. The summed E-state index contributed by atoms with van der Waals surface area (Å²) in [5, 5.41) is 20.5. The molecule has 0 unspecified atom stereocenters. The molecule has 0 spiro atoms. The van der Waals surface area contributed by atoms with E-state index < -0.39 is 6.10 Å². The van der Waals surface area contributed by atoms with E-state index in [1.165, 1.54) is 11.3 Å². The molecule has 2 aromatic heterocycles. The molecule has 0 bridgehead atoms. The molecule has 13 heavy (non-hydrogen) atoms. The fourth-order valence-electron chi connectivity index (χ4n) is 1.17. The fraction of sp³-hybridized carbons (Fsp3) is 0.111. The molecule has 0 saturated heterocycles. The van der Waals surface area contributed by atoms with Crippen LogP contribution in [0.2, 0.25) is 0 Å². The zero-order valence-electron chi connectivity index (χ0n) is 6.64. The zero-order chi connectivity index (χ0) is 9.26. The Balaban J connectivity index is 2.66. The average molecular weight is 190 g/mol. The molecule has 0 aliphatic rings. The van der Waals surface area contributed by atoms with Crippen molar-refractivity contribution in [3.05, 3.63) is 29.3 Å². The smallest absolute Gasteiger partial charge is 0.167 e. The largest absolute Gasteiger partial charge is 0.374 e. The third kappa shape index (κ3) is 1.28. The Morgan fingerprint density at radius 3 is 3.23 bits per heavy atom. The summed E-state index contributed by atoms with van der Waals surface area (Å²) < 4.78 is 0.